The monoisotopic (exact) mass is 336 g/mol. The van der Waals surface area contributed by atoms with Crippen molar-refractivity contribution in [3.05, 3.63) is 29.3 Å². The normalized spacial score (nSPS) is 10.8. The molecular weight excluding hydrogens is 316 g/mol. The molecule has 8 heteroatoms. The maximum atomic E-state index is 12.0. The second-order valence-electron chi connectivity index (χ2n) is 4.22. The molecule has 1 aromatic carbocycles. The summed E-state index contributed by atoms with van der Waals surface area (Å²) < 4.78 is 31.2. The van der Waals surface area contributed by atoms with Crippen LogP contribution in [-0.4, -0.2) is 41.1 Å². The molecule has 1 rings (SSSR count). The Labute approximate surface area is 131 Å². The van der Waals surface area contributed by atoms with E-state index in [4.69, 9.17) is 0 Å². The molecular formula is C13H21ClN2O4S. The van der Waals surface area contributed by atoms with Crippen LogP contribution in [0.3, 0.4) is 0 Å². The topological polar surface area (TPSA) is 84.5 Å². The number of benzene rings is 1. The molecule has 21 heavy (non-hydrogen) atoms. The van der Waals surface area contributed by atoms with Crippen molar-refractivity contribution in [1.29, 1.82) is 0 Å². The molecule has 0 aliphatic carbocycles. The van der Waals surface area contributed by atoms with E-state index in [2.05, 4.69) is 14.8 Å². The molecule has 0 bridgehead atoms. The molecule has 0 unspecified atom stereocenters. The fourth-order valence-electron chi connectivity index (χ4n) is 1.68. The van der Waals surface area contributed by atoms with Crippen LogP contribution >= 0.6 is 12.4 Å². The number of carbonyl (C=O) groups is 1. The van der Waals surface area contributed by atoms with E-state index in [0.717, 1.165) is 6.54 Å². The van der Waals surface area contributed by atoms with Crippen LogP contribution in [0.1, 0.15) is 22.8 Å². The molecule has 2 N–H and O–H groups in total. The number of aryl methyl sites for hydroxylation is 1. The summed E-state index contributed by atoms with van der Waals surface area (Å²) in [5, 5.41) is 3.03. The van der Waals surface area contributed by atoms with Crippen LogP contribution in [0.15, 0.2) is 23.1 Å². The van der Waals surface area contributed by atoms with Crippen molar-refractivity contribution >= 4 is 28.4 Å². The first-order chi connectivity index (χ1) is 9.42. The zero-order valence-corrected chi connectivity index (χ0v) is 13.9. The summed E-state index contributed by atoms with van der Waals surface area (Å²) in [4.78, 5) is 11.6. The van der Waals surface area contributed by atoms with E-state index < -0.39 is 16.0 Å². The lowest BCUT2D eigenvalue weighted by Crippen LogP contribution is -2.31. The Morgan fingerprint density at radius 2 is 1.95 bits per heavy atom. The van der Waals surface area contributed by atoms with Crippen molar-refractivity contribution in [3.63, 3.8) is 0 Å². The summed E-state index contributed by atoms with van der Waals surface area (Å²) in [6.45, 7) is 5.28. The van der Waals surface area contributed by atoms with Crippen molar-refractivity contribution in [2.75, 3.05) is 26.7 Å². The number of methoxy groups -OCH3 is 1. The molecule has 0 saturated heterocycles. The lowest BCUT2D eigenvalue weighted by atomic mass is 10.1. The predicted molar refractivity (Wildman–Crippen MR) is 83.5 cm³/mol. The molecule has 0 aliphatic heterocycles. The molecule has 0 fully saturated rings. The molecule has 1 aromatic rings. The highest BCUT2D eigenvalue weighted by Gasteiger charge is 2.16. The number of rotatable bonds is 7. The van der Waals surface area contributed by atoms with Crippen LogP contribution in [0.4, 0.5) is 0 Å². The van der Waals surface area contributed by atoms with Gasteiger partial charge in [0.25, 0.3) is 0 Å². The maximum absolute atomic E-state index is 12.0. The highest BCUT2D eigenvalue weighted by atomic mass is 35.5. The summed E-state index contributed by atoms with van der Waals surface area (Å²) in [5.41, 5.74) is 0.922. The highest BCUT2D eigenvalue weighted by Crippen LogP contribution is 2.16. The van der Waals surface area contributed by atoms with E-state index >= 15 is 0 Å². The van der Waals surface area contributed by atoms with Gasteiger partial charge in [-0.25, -0.2) is 17.9 Å². The van der Waals surface area contributed by atoms with E-state index in [-0.39, 0.29) is 17.3 Å². The zero-order valence-electron chi connectivity index (χ0n) is 12.3. The number of sulfonamides is 1. The average molecular weight is 337 g/mol. The third-order valence-corrected chi connectivity index (χ3v) is 4.22. The van der Waals surface area contributed by atoms with Gasteiger partial charge in [0, 0.05) is 13.1 Å². The Morgan fingerprint density at radius 3 is 2.48 bits per heavy atom. The zero-order chi connectivity index (χ0) is 15.2. The number of carbonyl (C=O) groups excluding carboxylic acids is 1. The van der Waals surface area contributed by atoms with Gasteiger partial charge in [-0.2, -0.15) is 0 Å². The number of ether oxygens (including phenoxy) is 1. The minimum absolute atomic E-state index is 0. The maximum Gasteiger partial charge on any atom is 0.338 e. The quantitative estimate of drug-likeness (QED) is 0.575. The Kier molecular flexibility index (Phi) is 8.50. The van der Waals surface area contributed by atoms with Gasteiger partial charge < -0.3 is 10.1 Å². The Balaban J connectivity index is 0.00000400. The standard InChI is InChI=1S/C13H20N2O4S.ClH/c1-4-14-7-8-15-20(17,18)11-5-6-12(10(2)9-11)13(16)19-3;/h5-6,9,14-15H,4,7-8H2,1-3H3;1H. The van der Waals surface area contributed by atoms with Crippen LogP contribution in [0.25, 0.3) is 0 Å². The fourth-order valence-corrected chi connectivity index (χ4v) is 2.79. The lowest BCUT2D eigenvalue weighted by Gasteiger charge is -2.09. The van der Waals surface area contributed by atoms with Gasteiger partial charge in [-0.15, -0.1) is 12.4 Å². The largest absolute Gasteiger partial charge is 0.465 e. The summed E-state index contributed by atoms with van der Waals surface area (Å²) in [6.07, 6.45) is 0. The van der Waals surface area contributed by atoms with Crippen molar-refractivity contribution in [2.24, 2.45) is 0 Å². The minimum Gasteiger partial charge on any atom is -0.465 e. The van der Waals surface area contributed by atoms with E-state index in [1.165, 1.54) is 25.3 Å². The summed E-state index contributed by atoms with van der Waals surface area (Å²) in [6, 6.07) is 4.32. The van der Waals surface area contributed by atoms with E-state index in [9.17, 15) is 13.2 Å². The Hall–Kier alpha value is -1.15. The van der Waals surface area contributed by atoms with Crippen molar-refractivity contribution in [3.8, 4) is 0 Å². The van der Waals surface area contributed by atoms with E-state index in [0.29, 0.717) is 24.2 Å². The summed E-state index contributed by atoms with van der Waals surface area (Å²) >= 11 is 0. The third kappa shape index (κ3) is 5.62. The minimum atomic E-state index is -3.55. The Morgan fingerprint density at radius 1 is 1.29 bits per heavy atom. The van der Waals surface area contributed by atoms with Crippen LogP contribution in [0.5, 0.6) is 0 Å². The second kappa shape index (κ2) is 8.99. The fraction of sp³-hybridized carbons (Fsp3) is 0.462. The van der Waals surface area contributed by atoms with Gasteiger partial charge in [-0.05, 0) is 37.2 Å². The average Bonchev–Trinajstić information content (AvgIpc) is 2.42. The number of esters is 1. The van der Waals surface area contributed by atoms with Crippen LogP contribution < -0.4 is 10.0 Å². The van der Waals surface area contributed by atoms with Gasteiger partial charge in [0.1, 0.15) is 0 Å². The SMILES string of the molecule is CCNCCNS(=O)(=O)c1ccc(C(=O)OC)c(C)c1.Cl. The number of halogens is 1. The van der Waals surface area contributed by atoms with Crippen molar-refractivity contribution in [1.82, 2.24) is 10.0 Å². The van der Waals surface area contributed by atoms with E-state index in [1.54, 1.807) is 6.92 Å². The molecule has 120 valence electrons. The molecule has 6 nitrogen and oxygen atoms in total. The van der Waals surface area contributed by atoms with Gasteiger partial charge in [0.05, 0.1) is 17.6 Å². The molecule has 0 aromatic heterocycles. The Bertz CT molecular complexity index is 576. The van der Waals surface area contributed by atoms with Crippen molar-refractivity contribution in [2.45, 2.75) is 18.7 Å². The lowest BCUT2D eigenvalue weighted by molar-refractivity contribution is 0.0600. The van der Waals surface area contributed by atoms with Gasteiger partial charge in [0.15, 0.2) is 0 Å². The number of nitrogens with one attached hydrogen (secondary N) is 2. The second-order valence-corrected chi connectivity index (χ2v) is 5.99. The molecule has 0 spiro atoms. The molecule has 0 aliphatic rings. The van der Waals surface area contributed by atoms with E-state index in [1.807, 2.05) is 6.92 Å². The first-order valence-electron chi connectivity index (χ1n) is 6.31. The first-order valence-corrected chi connectivity index (χ1v) is 7.80. The van der Waals surface area contributed by atoms with Gasteiger partial charge >= 0.3 is 5.97 Å². The highest BCUT2D eigenvalue weighted by molar-refractivity contribution is 7.89. The number of hydrogen-bond donors (Lipinski definition) is 2. The first kappa shape index (κ1) is 19.9. The summed E-state index contributed by atoms with van der Waals surface area (Å²) in [5.74, 6) is -0.480. The molecule has 0 radical (unpaired) electrons. The summed E-state index contributed by atoms with van der Waals surface area (Å²) in [7, 11) is -2.27. The molecule has 0 saturated carbocycles. The smallest absolute Gasteiger partial charge is 0.338 e. The number of hydrogen-bond acceptors (Lipinski definition) is 5. The van der Waals surface area contributed by atoms with Crippen LogP contribution in [0, 0.1) is 6.92 Å². The van der Waals surface area contributed by atoms with Crippen molar-refractivity contribution < 1.29 is 17.9 Å². The third-order valence-electron chi connectivity index (χ3n) is 2.76. The van der Waals surface area contributed by atoms with Crippen LogP contribution in [0.2, 0.25) is 0 Å². The van der Waals surface area contributed by atoms with Gasteiger partial charge in [0.2, 0.25) is 10.0 Å². The van der Waals surface area contributed by atoms with Crippen LogP contribution in [-0.2, 0) is 14.8 Å². The van der Waals surface area contributed by atoms with Gasteiger partial charge in [-0.3, -0.25) is 0 Å². The predicted octanol–water partition coefficient (Wildman–Crippen LogP) is 1.09. The van der Waals surface area contributed by atoms with Gasteiger partial charge in [-0.1, -0.05) is 6.92 Å². The molecule has 0 amide bonds. The number of likely N-dealkylation sites (N-methyl/N-ethyl adjacent to an activating group) is 1. The molecule has 0 atom stereocenters. The molecule has 0 heterocycles.